The number of nitrogens with one attached hydrogen (secondary N) is 1. The van der Waals surface area contributed by atoms with Gasteiger partial charge >= 0.3 is 0 Å². The molecule has 2 unspecified atom stereocenters. The van der Waals surface area contributed by atoms with Gasteiger partial charge in [0.15, 0.2) is 0 Å². The molecule has 94 valence electrons. The average molecular weight is 230 g/mol. The first kappa shape index (κ1) is 13.4. The normalized spacial score (nSPS) is 22.0. The standard InChI is InChI=1S/C11H22N2O3/c1-9(11(14)13-6-3-5-12)16-8-10-4-2-7-15-10/h9-10H,2-8,12H2,1H3,(H,13,14). The third kappa shape index (κ3) is 4.92. The maximum atomic E-state index is 11.5. The molecule has 0 aromatic heterocycles. The van der Waals surface area contributed by atoms with Crippen LogP contribution in [-0.4, -0.2) is 44.4 Å². The van der Waals surface area contributed by atoms with Crippen molar-refractivity contribution in [2.24, 2.45) is 5.73 Å². The first-order valence-electron chi connectivity index (χ1n) is 5.95. The predicted molar refractivity (Wildman–Crippen MR) is 61.1 cm³/mol. The van der Waals surface area contributed by atoms with E-state index in [-0.39, 0.29) is 12.0 Å². The van der Waals surface area contributed by atoms with Crippen LogP contribution >= 0.6 is 0 Å². The lowest BCUT2D eigenvalue weighted by atomic mass is 10.2. The van der Waals surface area contributed by atoms with Crippen molar-refractivity contribution in [1.29, 1.82) is 0 Å². The Morgan fingerprint density at radius 1 is 1.69 bits per heavy atom. The maximum Gasteiger partial charge on any atom is 0.248 e. The van der Waals surface area contributed by atoms with Crippen LogP contribution < -0.4 is 11.1 Å². The van der Waals surface area contributed by atoms with E-state index < -0.39 is 6.10 Å². The first-order chi connectivity index (χ1) is 7.74. The van der Waals surface area contributed by atoms with Crippen LogP contribution in [-0.2, 0) is 14.3 Å². The number of carbonyl (C=O) groups excluding carboxylic acids is 1. The van der Waals surface area contributed by atoms with Crippen molar-refractivity contribution in [1.82, 2.24) is 5.32 Å². The van der Waals surface area contributed by atoms with Crippen molar-refractivity contribution in [2.45, 2.75) is 38.4 Å². The molecule has 0 radical (unpaired) electrons. The zero-order valence-electron chi connectivity index (χ0n) is 9.91. The predicted octanol–water partition coefficient (Wildman–Crippen LogP) is 0.0355. The van der Waals surface area contributed by atoms with Crippen LogP contribution in [0.25, 0.3) is 0 Å². The summed E-state index contributed by atoms with van der Waals surface area (Å²) in [5, 5.41) is 2.77. The minimum atomic E-state index is -0.415. The molecule has 1 rings (SSSR count). The summed E-state index contributed by atoms with van der Waals surface area (Å²) in [6.45, 7) is 4.28. The summed E-state index contributed by atoms with van der Waals surface area (Å²) in [5.74, 6) is -0.0774. The molecular weight excluding hydrogens is 208 g/mol. The highest BCUT2D eigenvalue weighted by molar-refractivity contribution is 5.80. The summed E-state index contributed by atoms with van der Waals surface area (Å²) in [4.78, 5) is 11.5. The van der Waals surface area contributed by atoms with E-state index in [0.29, 0.717) is 19.7 Å². The van der Waals surface area contributed by atoms with Gasteiger partial charge in [-0.05, 0) is 32.7 Å². The van der Waals surface area contributed by atoms with Gasteiger partial charge in [-0.25, -0.2) is 0 Å². The van der Waals surface area contributed by atoms with Crippen LogP contribution in [0.4, 0.5) is 0 Å². The molecule has 0 aromatic carbocycles. The molecule has 16 heavy (non-hydrogen) atoms. The number of hydrogen-bond donors (Lipinski definition) is 2. The van der Waals surface area contributed by atoms with E-state index in [0.717, 1.165) is 25.9 Å². The van der Waals surface area contributed by atoms with E-state index in [1.54, 1.807) is 6.92 Å². The van der Waals surface area contributed by atoms with E-state index in [1.807, 2.05) is 0 Å². The smallest absolute Gasteiger partial charge is 0.248 e. The number of hydrogen-bond acceptors (Lipinski definition) is 4. The molecule has 5 heteroatoms. The van der Waals surface area contributed by atoms with E-state index in [4.69, 9.17) is 15.2 Å². The van der Waals surface area contributed by atoms with Gasteiger partial charge in [0.2, 0.25) is 5.91 Å². The van der Waals surface area contributed by atoms with Crippen LogP contribution in [0.5, 0.6) is 0 Å². The number of ether oxygens (including phenoxy) is 2. The van der Waals surface area contributed by atoms with Crippen LogP contribution in [0.15, 0.2) is 0 Å². The molecule has 1 aliphatic rings. The highest BCUT2D eigenvalue weighted by atomic mass is 16.5. The second kappa shape index (κ2) is 7.60. The maximum absolute atomic E-state index is 11.5. The molecule has 0 bridgehead atoms. The second-order valence-corrected chi connectivity index (χ2v) is 4.04. The van der Waals surface area contributed by atoms with Crippen LogP contribution in [0.2, 0.25) is 0 Å². The Kier molecular flexibility index (Phi) is 6.37. The summed E-state index contributed by atoms with van der Waals surface area (Å²) >= 11 is 0. The topological polar surface area (TPSA) is 73.6 Å². The van der Waals surface area contributed by atoms with Crippen LogP contribution in [0.3, 0.4) is 0 Å². The molecule has 1 saturated heterocycles. The Hall–Kier alpha value is -0.650. The number of amides is 1. The monoisotopic (exact) mass is 230 g/mol. The van der Waals surface area contributed by atoms with E-state index >= 15 is 0 Å². The van der Waals surface area contributed by atoms with Crippen molar-refractivity contribution in [3.8, 4) is 0 Å². The summed E-state index contributed by atoms with van der Waals surface area (Å²) < 4.78 is 10.9. The lowest BCUT2D eigenvalue weighted by Gasteiger charge is -2.15. The van der Waals surface area contributed by atoms with Gasteiger partial charge in [-0.1, -0.05) is 0 Å². The average Bonchev–Trinajstić information content (AvgIpc) is 2.79. The third-order valence-corrected chi connectivity index (χ3v) is 2.61. The molecule has 1 heterocycles. The lowest BCUT2D eigenvalue weighted by Crippen LogP contribution is -2.37. The van der Waals surface area contributed by atoms with Crippen molar-refractivity contribution < 1.29 is 14.3 Å². The molecule has 1 amide bonds. The highest BCUT2D eigenvalue weighted by Crippen LogP contribution is 2.12. The van der Waals surface area contributed by atoms with E-state index in [2.05, 4.69) is 5.32 Å². The van der Waals surface area contributed by atoms with Gasteiger partial charge < -0.3 is 20.5 Å². The molecule has 0 saturated carbocycles. The zero-order chi connectivity index (χ0) is 11.8. The molecule has 1 fully saturated rings. The van der Waals surface area contributed by atoms with Crippen molar-refractivity contribution >= 4 is 5.91 Å². The molecule has 3 N–H and O–H groups in total. The van der Waals surface area contributed by atoms with Crippen LogP contribution in [0, 0.1) is 0 Å². The molecular formula is C11H22N2O3. The van der Waals surface area contributed by atoms with E-state index in [1.165, 1.54) is 0 Å². The van der Waals surface area contributed by atoms with Crippen molar-refractivity contribution in [3.63, 3.8) is 0 Å². The molecule has 0 spiro atoms. The summed E-state index contributed by atoms with van der Waals surface area (Å²) in [7, 11) is 0. The Bertz CT molecular complexity index is 205. The van der Waals surface area contributed by atoms with Crippen molar-refractivity contribution in [2.75, 3.05) is 26.3 Å². The Morgan fingerprint density at radius 3 is 3.12 bits per heavy atom. The summed E-state index contributed by atoms with van der Waals surface area (Å²) in [6, 6.07) is 0. The first-order valence-corrected chi connectivity index (χ1v) is 5.95. The second-order valence-electron chi connectivity index (χ2n) is 4.04. The molecule has 0 aliphatic carbocycles. The fraction of sp³-hybridized carbons (Fsp3) is 0.909. The molecule has 0 aromatic rings. The summed E-state index contributed by atoms with van der Waals surface area (Å²) in [6.07, 6.45) is 2.66. The van der Waals surface area contributed by atoms with Gasteiger partial charge in [-0.15, -0.1) is 0 Å². The number of carbonyl (C=O) groups is 1. The fourth-order valence-corrected chi connectivity index (χ4v) is 1.56. The van der Waals surface area contributed by atoms with Gasteiger partial charge in [0.25, 0.3) is 0 Å². The fourth-order valence-electron chi connectivity index (χ4n) is 1.56. The lowest BCUT2D eigenvalue weighted by molar-refractivity contribution is -0.133. The minimum Gasteiger partial charge on any atom is -0.376 e. The van der Waals surface area contributed by atoms with Gasteiger partial charge in [-0.2, -0.15) is 0 Å². The highest BCUT2D eigenvalue weighted by Gasteiger charge is 2.19. The largest absolute Gasteiger partial charge is 0.376 e. The van der Waals surface area contributed by atoms with Gasteiger partial charge in [0, 0.05) is 13.2 Å². The van der Waals surface area contributed by atoms with E-state index in [9.17, 15) is 4.79 Å². The van der Waals surface area contributed by atoms with Crippen LogP contribution in [0.1, 0.15) is 26.2 Å². The summed E-state index contributed by atoms with van der Waals surface area (Å²) in [5.41, 5.74) is 5.33. The molecule has 2 atom stereocenters. The molecule has 5 nitrogen and oxygen atoms in total. The quantitative estimate of drug-likeness (QED) is 0.605. The third-order valence-electron chi connectivity index (χ3n) is 2.61. The SMILES string of the molecule is CC(OCC1CCCO1)C(=O)NCCCN. The Balaban J connectivity index is 2.07. The van der Waals surface area contributed by atoms with Gasteiger partial charge in [0.1, 0.15) is 6.10 Å². The van der Waals surface area contributed by atoms with Crippen molar-refractivity contribution in [3.05, 3.63) is 0 Å². The van der Waals surface area contributed by atoms with Gasteiger partial charge in [0.05, 0.1) is 12.7 Å². The minimum absolute atomic E-state index is 0.0774. The Labute approximate surface area is 96.7 Å². The molecule has 1 aliphatic heterocycles. The number of nitrogens with two attached hydrogens (primary N) is 1. The Morgan fingerprint density at radius 2 is 2.50 bits per heavy atom. The zero-order valence-corrected chi connectivity index (χ0v) is 9.91. The van der Waals surface area contributed by atoms with Gasteiger partial charge in [-0.3, -0.25) is 4.79 Å². The number of rotatable bonds is 7.